The number of aryl methyl sites for hydroxylation is 1. The number of nitrogens with one attached hydrogen (secondary N) is 1. The lowest BCUT2D eigenvalue weighted by atomic mass is 9.74. The Morgan fingerprint density at radius 1 is 1.20 bits per heavy atom. The van der Waals surface area contributed by atoms with Crippen molar-refractivity contribution in [3.05, 3.63) is 53.0 Å². The number of carboxylic acids is 1. The molecule has 0 unspecified atom stereocenters. The van der Waals surface area contributed by atoms with Crippen molar-refractivity contribution in [2.24, 2.45) is 5.73 Å². The molecule has 8 heteroatoms. The second kappa shape index (κ2) is 8.77. The Hall–Kier alpha value is -3.23. The fourth-order valence-electron chi connectivity index (χ4n) is 5.53. The molecular weight excluding hydrogens is 444 g/mol. The summed E-state index contributed by atoms with van der Waals surface area (Å²) in [7, 11) is 0. The summed E-state index contributed by atoms with van der Waals surface area (Å²) in [5, 5.41) is 10.0. The third kappa shape index (κ3) is 4.21. The highest BCUT2D eigenvalue weighted by Gasteiger charge is 2.36. The van der Waals surface area contributed by atoms with Crippen LogP contribution in [0.25, 0.3) is 22.5 Å². The van der Waals surface area contributed by atoms with Crippen molar-refractivity contribution in [3.8, 4) is 28.4 Å². The van der Waals surface area contributed by atoms with E-state index < -0.39 is 5.97 Å². The van der Waals surface area contributed by atoms with Crippen molar-refractivity contribution in [3.63, 3.8) is 0 Å². The minimum absolute atomic E-state index is 0.139. The minimum Gasteiger partial charge on any atom is -0.478 e. The summed E-state index contributed by atoms with van der Waals surface area (Å²) < 4.78 is 11.4. The van der Waals surface area contributed by atoms with E-state index in [-0.39, 0.29) is 11.6 Å². The van der Waals surface area contributed by atoms with Crippen LogP contribution in [-0.2, 0) is 24.0 Å². The standard InChI is InChI=1S/C27H30N4O4/c28-27(8-1-9-27)13-22-24(26(32)33)19-4-2-16-14-29-21(12-20(16)25(19)31-22)17-3-5-23(30-15-17)35-18-6-10-34-11-7-18/h3,5,12,14-15,18,31H,1-2,4,6-11,13,28H2,(H,32,33). The molecule has 4 N–H and O–H groups in total. The number of fused-ring (bicyclic) bond motifs is 3. The van der Waals surface area contributed by atoms with Crippen LogP contribution in [-0.4, -0.2) is 50.9 Å². The fraction of sp³-hybridized carbons (Fsp3) is 0.444. The Bertz CT molecular complexity index is 1260. The Labute approximate surface area is 203 Å². The molecule has 0 spiro atoms. The van der Waals surface area contributed by atoms with Crippen LogP contribution in [0.2, 0.25) is 0 Å². The molecule has 0 atom stereocenters. The summed E-state index contributed by atoms with van der Waals surface area (Å²) in [5.74, 6) is -0.282. The van der Waals surface area contributed by atoms with Gasteiger partial charge in [-0.05, 0) is 55.4 Å². The van der Waals surface area contributed by atoms with Gasteiger partial charge in [0.05, 0.1) is 30.2 Å². The van der Waals surface area contributed by atoms with Gasteiger partial charge in [0.25, 0.3) is 0 Å². The van der Waals surface area contributed by atoms with Crippen LogP contribution in [0.15, 0.2) is 30.6 Å². The third-order valence-corrected chi connectivity index (χ3v) is 7.66. The molecule has 0 amide bonds. The highest BCUT2D eigenvalue weighted by atomic mass is 16.5. The van der Waals surface area contributed by atoms with Crippen LogP contribution in [0.3, 0.4) is 0 Å². The molecule has 1 saturated carbocycles. The normalized spacial score (nSPS) is 18.9. The van der Waals surface area contributed by atoms with Gasteiger partial charge in [0.2, 0.25) is 5.88 Å². The first-order chi connectivity index (χ1) is 17.0. The molecule has 0 bridgehead atoms. The summed E-state index contributed by atoms with van der Waals surface area (Å²) in [6.07, 6.45) is 10.5. The van der Waals surface area contributed by atoms with E-state index in [1.807, 2.05) is 24.4 Å². The van der Waals surface area contributed by atoms with E-state index in [2.05, 4.69) is 15.0 Å². The van der Waals surface area contributed by atoms with E-state index in [1.54, 1.807) is 6.20 Å². The molecular formula is C27H30N4O4. The minimum atomic E-state index is -0.887. The Kier molecular flexibility index (Phi) is 5.57. The molecule has 1 aliphatic heterocycles. The van der Waals surface area contributed by atoms with Crippen LogP contribution in [0, 0.1) is 0 Å². The summed E-state index contributed by atoms with van der Waals surface area (Å²) in [6.45, 7) is 1.44. The van der Waals surface area contributed by atoms with Crippen LogP contribution in [0.1, 0.15) is 59.3 Å². The van der Waals surface area contributed by atoms with Crippen molar-refractivity contribution in [2.75, 3.05) is 13.2 Å². The first-order valence-corrected chi connectivity index (χ1v) is 12.5. The SMILES string of the molecule is NC1(Cc2[nH]c3c(c2C(=O)O)CCc2cnc(-c4ccc(OC5CCOCC5)nc4)cc2-3)CCC1. The van der Waals surface area contributed by atoms with E-state index in [0.717, 1.165) is 91.1 Å². The summed E-state index contributed by atoms with van der Waals surface area (Å²) in [6, 6.07) is 5.89. The van der Waals surface area contributed by atoms with Crippen LogP contribution in [0.4, 0.5) is 0 Å². The number of aromatic nitrogens is 3. The fourth-order valence-corrected chi connectivity index (χ4v) is 5.53. The van der Waals surface area contributed by atoms with E-state index >= 15 is 0 Å². The van der Waals surface area contributed by atoms with Gasteiger partial charge in [0, 0.05) is 60.1 Å². The van der Waals surface area contributed by atoms with Crippen LogP contribution < -0.4 is 10.5 Å². The lowest BCUT2D eigenvalue weighted by Gasteiger charge is -2.38. The van der Waals surface area contributed by atoms with E-state index in [4.69, 9.17) is 15.2 Å². The van der Waals surface area contributed by atoms with Gasteiger partial charge in [-0.1, -0.05) is 0 Å². The smallest absolute Gasteiger partial charge is 0.337 e. The first-order valence-electron chi connectivity index (χ1n) is 12.5. The molecule has 182 valence electrons. The zero-order chi connectivity index (χ0) is 24.0. The van der Waals surface area contributed by atoms with E-state index in [9.17, 15) is 9.90 Å². The number of nitrogens with two attached hydrogens (primary N) is 1. The Morgan fingerprint density at radius 3 is 2.71 bits per heavy atom. The topological polar surface area (TPSA) is 123 Å². The van der Waals surface area contributed by atoms with Crippen molar-refractivity contribution in [2.45, 2.75) is 63.0 Å². The molecule has 2 aliphatic carbocycles. The zero-order valence-corrected chi connectivity index (χ0v) is 19.7. The second-order valence-electron chi connectivity index (χ2n) is 10.1. The van der Waals surface area contributed by atoms with Crippen molar-refractivity contribution >= 4 is 5.97 Å². The maximum absolute atomic E-state index is 12.2. The van der Waals surface area contributed by atoms with E-state index in [1.165, 1.54) is 0 Å². The maximum atomic E-state index is 12.2. The zero-order valence-electron chi connectivity index (χ0n) is 19.7. The lowest BCUT2D eigenvalue weighted by Crippen LogP contribution is -2.48. The predicted octanol–water partition coefficient (Wildman–Crippen LogP) is 3.92. The van der Waals surface area contributed by atoms with Gasteiger partial charge < -0.3 is 25.3 Å². The number of rotatable bonds is 6. The molecule has 35 heavy (non-hydrogen) atoms. The molecule has 2 fully saturated rings. The van der Waals surface area contributed by atoms with Crippen molar-refractivity contribution in [1.82, 2.24) is 15.0 Å². The number of carboxylic acid groups (broad SMARTS) is 1. The van der Waals surface area contributed by atoms with Crippen LogP contribution in [0.5, 0.6) is 5.88 Å². The summed E-state index contributed by atoms with van der Waals surface area (Å²) >= 11 is 0. The summed E-state index contributed by atoms with van der Waals surface area (Å²) in [5.41, 5.74) is 12.9. The monoisotopic (exact) mass is 474 g/mol. The molecule has 3 aliphatic rings. The number of hydrogen-bond acceptors (Lipinski definition) is 6. The van der Waals surface area contributed by atoms with Crippen molar-refractivity contribution < 1.29 is 19.4 Å². The molecule has 3 aromatic heterocycles. The highest BCUT2D eigenvalue weighted by molar-refractivity contribution is 5.94. The predicted molar refractivity (Wildman–Crippen MR) is 131 cm³/mol. The molecule has 8 nitrogen and oxygen atoms in total. The van der Waals surface area contributed by atoms with Crippen LogP contribution >= 0.6 is 0 Å². The Balaban J connectivity index is 1.30. The quantitative estimate of drug-likeness (QED) is 0.495. The average molecular weight is 475 g/mol. The number of nitrogens with zero attached hydrogens (tertiary/aromatic N) is 2. The van der Waals surface area contributed by atoms with Gasteiger partial charge >= 0.3 is 5.97 Å². The highest BCUT2D eigenvalue weighted by Crippen LogP contribution is 2.40. The lowest BCUT2D eigenvalue weighted by molar-refractivity contribution is 0.0237. The number of H-pyrrole nitrogens is 1. The van der Waals surface area contributed by atoms with Gasteiger partial charge in [0.15, 0.2) is 0 Å². The van der Waals surface area contributed by atoms with Gasteiger partial charge in [-0.2, -0.15) is 0 Å². The maximum Gasteiger partial charge on any atom is 0.337 e. The first kappa shape index (κ1) is 22.2. The number of pyridine rings is 2. The largest absolute Gasteiger partial charge is 0.478 e. The number of carbonyl (C=O) groups is 1. The van der Waals surface area contributed by atoms with Gasteiger partial charge in [-0.25, -0.2) is 9.78 Å². The number of hydrogen-bond donors (Lipinski definition) is 3. The molecule has 4 heterocycles. The molecule has 1 saturated heterocycles. The van der Waals surface area contributed by atoms with Gasteiger partial charge in [-0.3, -0.25) is 4.98 Å². The Morgan fingerprint density at radius 2 is 2.03 bits per heavy atom. The number of aromatic carboxylic acids is 1. The van der Waals surface area contributed by atoms with Gasteiger partial charge in [0.1, 0.15) is 6.10 Å². The molecule has 3 aromatic rings. The molecule has 0 radical (unpaired) electrons. The molecule has 0 aromatic carbocycles. The second-order valence-corrected chi connectivity index (χ2v) is 10.1. The number of aromatic amines is 1. The molecule has 6 rings (SSSR count). The van der Waals surface area contributed by atoms with E-state index in [0.29, 0.717) is 24.3 Å². The summed E-state index contributed by atoms with van der Waals surface area (Å²) in [4.78, 5) is 24.9. The number of ether oxygens (including phenoxy) is 2. The van der Waals surface area contributed by atoms with Gasteiger partial charge in [-0.15, -0.1) is 0 Å². The average Bonchev–Trinajstić information content (AvgIpc) is 3.22. The van der Waals surface area contributed by atoms with Crippen molar-refractivity contribution in [1.29, 1.82) is 0 Å². The third-order valence-electron chi connectivity index (χ3n) is 7.66.